The van der Waals surface area contributed by atoms with Gasteiger partial charge in [0, 0.05) is 13.2 Å². The fraction of sp³-hybridized carbons (Fsp3) is 1.00. The number of rotatable bonds is 5. The van der Waals surface area contributed by atoms with E-state index in [2.05, 4.69) is 12.2 Å². The number of unbranched alkanes of at least 4 members (excludes halogenated alkanes) is 1. The van der Waals surface area contributed by atoms with E-state index < -0.39 is 0 Å². The van der Waals surface area contributed by atoms with Crippen molar-refractivity contribution in [2.24, 2.45) is 0 Å². The van der Waals surface area contributed by atoms with Crippen molar-refractivity contribution in [3.8, 4) is 0 Å². The molecule has 0 aromatic rings. The molecule has 0 unspecified atom stereocenters. The lowest BCUT2D eigenvalue weighted by Gasteiger charge is -2.31. The fourth-order valence-corrected chi connectivity index (χ4v) is 2.08. The molecular formula is C11H23NO. The highest BCUT2D eigenvalue weighted by Gasteiger charge is 2.23. The average molecular weight is 185 g/mol. The molecule has 0 saturated heterocycles. The van der Waals surface area contributed by atoms with Gasteiger partial charge >= 0.3 is 0 Å². The SMILES string of the molecule is CCCCN[C@H]1CCCC[C@@H]1OC. The molecule has 1 N–H and O–H groups in total. The number of nitrogens with one attached hydrogen (secondary N) is 1. The molecule has 0 amide bonds. The van der Waals surface area contributed by atoms with Gasteiger partial charge in [-0.1, -0.05) is 26.2 Å². The van der Waals surface area contributed by atoms with E-state index in [-0.39, 0.29) is 0 Å². The van der Waals surface area contributed by atoms with Crippen LogP contribution in [0, 0.1) is 0 Å². The third-order valence-electron chi connectivity index (χ3n) is 2.94. The van der Waals surface area contributed by atoms with Gasteiger partial charge in [0.15, 0.2) is 0 Å². The molecule has 2 heteroatoms. The highest BCUT2D eigenvalue weighted by Crippen LogP contribution is 2.20. The molecule has 2 atom stereocenters. The van der Waals surface area contributed by atoms with Crippen LogP contribution in [-0.2, 0) is 4.74 Å². The van der Waals surface area contributed by atoms with E-state index in [4.69, 9.17) is 4.74 Å². The number of ether oxygens (including phenoxy) is 1. The van der Waals surface area contributed by atoms with Gasteiger partial charge in [0.1, 0.15) is 0 Å². The average Bonchev–Trinajstić information content (AvgIpc) is 2.19. The summed E-state index contributed by atoms with van der Waals surface area (Å²) in [6.07, 6.45) is 8.26. The van der Waals surface area contributed by atoms with Crippen LogP contribution in [0.3, 0.4) is 0 Å². The normalized spacial score (nSPS) is 29.1. The Hall–Kier alpha value is -0.0800. The Kier molecular flexibility index (Phi) is 5.40. The van der Waals surface area contributed by atoms with Crippen LogP contribution >= 0.6 is 0 Å². The quantitative estimate of drug-likeness (QED) is 0.664. The van der Waals surface area contributed by atoms with Crippen LogP contribution in [0.25, 0.3) is 0 Å². The lowest BCUT2D eigenvalue weighted by atomic mass is 9.92. The van der Waals surface area contributed by atoms with Crippen LogP contribution in [0.1, 0.15) is 45.4 Å². The molecule has 1 aliphatic carbocycles. The minimum atomic E-state index is 0.464. The molecule has 0 radical (unpaired) electrons. The summed E-state index contributed by atoms with van der Waals surface area (Å²) in [6.45, 7) is 3.39. The maximum atomic E-state index is 5.47. The zero-order valence-corrected chi connectivity index (χ0v) is 9.01. The highest BCUT2D eigenvalue weighted by atomic mass is 16.5. The fourth-order valence-electron chi connectivity index (χ4n) is 2.08. The maximum absolute atomic E-state index is 5.47. The summed E-state index contributed by atoms with van der Waals surface area (Å²) in [7, 11) is 1.84. The molecule has 1 aliphatic rings. The maximum Gasteiger partial charge on any atom is 0.0724 e. The monoisotopic (exact) mass is 185 g/mol. The summed E-state index contributed by atoms with van der Waals surface area (Å²) in [6, 6.07) is 0.616. The third-order valence-corrected chi connectivity index (χ3v) is 2.94. The molecule has 0 aromatic carbocycles. The van der Waals surface area contributed by atoms with Gasteiger partial charge in [-0.3, -0.25) is 0 Å². The van der Waals surface area contributed by atoms with Crippen molar-refractivity contribution in [2.45, 2.75) is 57.6 Å². The molecule has 0 spiro atoms. The molecule has 1 saturated carbocycles. The van der Waals surface area contributed by atoms with Crippen molar-refractivity contribution < 1.29 is 4.74 Å². The Morgan fingerprint density at radius 2 is 2.08 bits per heavy atom. The molecule has 0 aromatic heterocycles. The summed E-state index contributed by atoms with van der Waals surface area (Å²) in [5, 5.41) is 3.60. The first-order chi connectivity index (χ1) is 6.38. The predicted octanol–water partition coefficient (Wildman–Crippen LogP) is 2.33. The van der Waals surface area contributed by atoms with E-state index in [0.717, 1.165) is 6.54 Å². The second-order valence-electron chi connectivity index (χ2n) is 3.97. The molecule has 78 valence electrons. The Bertz CT molecular complexity index is 127. The first-order valence-corrected chi connectivity index (χ1v) is 5.64. The molecule has 13 heavy (non-hydrogen) atoms. The van der Waals surface area contributed by atoms with Crippen LogP contribution in [0.2, 0.25) is 0 Å². The minimum Gasteiger partial charge on any atom is -0.380 e. The van der Waals surface area contributed by atoms with Crippen molar-refractivity contribution >= 4 is 0 Å². The van der Waals surface area contributed by atoms with Crippen molar-refractivity contribution in [1.82, 2.24) is 5.32 Å². The van der Waals surface area contributed by atoms with Gasteiger partial charge in [0.05, 0.1) is 6.10 Å². The van der Waals surface area contributed by atoms with Crippen molar-refractivity contribution in [1.29, 1.82) is 0 Å². The summed E-state index contributed by atoms with van der Waals surface area (Å²) in [4.78, 5) is 0. The van der Waals surface area contributed by atoms with Gasteiger partial charge in [0.2, 0.25) is 0 Å². The Morgan fingerprint density at radius 1 is 1.31 bits per heavy atom. The van der Waals surface area contributed by atoms with Gasteiger partial charge in [-0.05, 0) is 25.8 Å². The van der Waals surface area contributed by atoms with Crippen LogP contribution in [0.15, 0.2) is 0 Å². The Balaban J connectivity index is 2.19. The van der Waals surface area contributed by atoms with Crippen molar-refractivity contribution in [3.05, 3.63) is 0 Å². The summed E-state index contributed by atoms with van der Waals surface area (Å²) in [5.74, 6) is 0. The van der Waals surface area contributed by atoms with Crippen LogP contribution in [0.5, 0.6) is 0 Å². The third kappa shape index (κ3) is 3.65. The van der Waals surface area contributed by atoms with E-state index in [1.165, 1.54) is 38.5 Å². The lowest BCUT2D eigenvalue weighted by molar-refractivity contribution is 0.0419. The molecule has 2 nitrogen and oxygen atoms in total. The van der Waals surface area contributed by atoms with E-state index >= 15 is 0 Å². The van der Waals surface area contributed by atoms with E-state index in [1.807, 2.05) is 7.11 Å². The topological polar surface area (TPSA) is 21.3 Å². The molecule has 0 bridgehead atoms. The van der Waals surface area contributed by atoms with Gasteiger partial charge in [-0.15, -0.1) is 0 Å². The van der Waals surface area contributed by atoms with Crippen LogP contribution in [-0.4, -0.2) is 25.8 Å². The molecular weight excluding hydrogens is 162 g/mol. The van der Waals surface area contributed by atoms with Crippen LogP contribution < -0.4 is 5.32 Å². The van der Waals surface area contributed by atoms with Gasteiger partial charge < -0.3 is 10.1 Å². The first kappa shape index (κ1) is 11.0. The number of hydrogen-bond donors (Lipinski definition) is 1. The lowest BCUT2D eigenvalue weighted by Crippen LogP contribution is -2.43. The Labute approximate surface area is 82.0 Å². The number of hydrogen-bond acceptors (Lipinski definition) is 2. The Morgan fingerprint density at radius 3 is 2.77 bits per heavy atom. The zero-order valence-electron chi connectivity index (χ0n) is 9.01. The minimum absolute atomic E-state index is 0.464. The second kappa shape index (κ2) is 6.39. The molecule has 1 fully saturated rings. The summed E-state index contributed by atoms with van der Waals surface area (Å²) < 4.78 is 5.47. The van der Waals surface area contributed by atoms with Crippen molar-refractivity contribution in [2.75, 3.05) is 13.7 Å². The number of methoxy groups -OCH3 is 1. The standard InChI is InChI=1S/C11H23NO/c1-3-4-9-12-10-7-5-6-8-11(10)13-2/h10-12H,3-9H2,1-2H3/t10-,11-/m0/s1. The molecule has 0 heterocycles. The smallest absolute Gasteiger partial charge is 0.0724 e. The predicted molar refractivity (Wildman–Crippen MR) is 56.0 cm³/mol. The van der Waals surface area contributed by atoms with Gasteiger partial charge in [-0.2, -0.15) is 0 Å². The largest absolute Gasteiger partial charge is 0.380 e. The molecule has 0 aliphatic heterocycles. The van der Waals surface area contributed by atoms with Crippen LogP contribution in [0.4, 0.5) is 0 Å². The first-order valence-electron chi connectivity index (χ1n) is 5.64. The van der Waals surface area contributed by atoms with Gasteiger partial charge in [0.25, 0.3) is 0 Å². The van der Waals surface area contributed by atoms with Gasteiger partial charge in [-0.25, -0.2) is 0 Å². The summed E-state index contributed by atoms with van der Waals surface area (Å²) in [5.41, 5.74) is 0. The highest BCUT2D eigenvalue weighted by molar-refractivity contribution is 4.81. The van der Waals surface area contributed by atoms with E-state index in [0.29, 0.717) is 12.1 Å². The van der Waals surface area contributed by atoms with E-state index in [1.54, 1.807) is 0 Å². The van der Waals surface area contributed by atoms with Crippen molar-refractivity contribution in [3.63, 3.8) is 0 Å². The zero-order chi connectivity index (χ0) is 9.52. The second-order valence-corrected chi connectivity index (χ2v) is 3.97. The summed E-state index contributed by atoms with van der Waals surface area (Å²) >= 11 is 0. The molecule has 1 rings (SSSR count). The van der Waals surface area contributed by atoms with E-state index in [9.17, 15) is 0 Å².